The van der Waals surface area contributed by atoms with E-state index in [4.69, 9.17) is 10.1 Å². The van der Waals surface area contributed by atoms with Gasteiger partial charge in [-0.1, -0.05) is 42.0 Å². The monoisotopic (exact) mass is 418 g/mol. The zero-order valence-electron chi connectivity index (χ0n) is 17.8. The van der Waals surface area contributed by atoms with E-state index in [1.54, 1.807) is 6.08 Å². The van der Waals surface area contributed by atoms with Gasteiger partial charge in [-0.3, -0.25) is 4.90 Å². The SMILES string of the molecule is O=C(O)/C=C/c1cccc(C2=NC(N3CCCN(CC4=CC=CCC4)CC3)=CNC2)c1. The van der Waals surface area contributed by atoms with Crippen molar-refractivity contribution in [3.63, 3.8) is 0 Å². The van der Waals surface area contributed by atoms with Crippen LogP contribution in [0.1, 0.15) is 30.4 Å². The van der Waals surface area contributed by atoms with Gasteiger partial charge in [0, 0.05) is 45.0 Å². The predicted molar refractivity (Wildman–Crippen MR) is 125 cm³/mol. The fraction of sp³-hybridized carbons (Fsp3) is 0.360. The van der Waals surface area contributed by atoms with E-state index >= 15 is 0 Å². The van der Waals surface area contributed by atoms with E-state index < -0.39 is 5.97 Å². The number of carboxylic acids is 1. The second kappa shape index (κ2) is 10.3. The molecule has 3 aliphatic rings. The molecule has 1 saturated heterocycles. The Morgan fingerprint density at radius 2 is 2.16 bits per heavy atom. The molecule has 0 spiro atoms. The average molecular weight is 419 g/mol. The van der Waals surface area contributed by atoms with Crippen LogP contribution >= 0.6 is 0 Å². The van der Waals surface area contributed by atoms with Crippen LogP contribution in [0.2, 0.25) is 0 Å². The third-order valence-electron chi connectivity index (χ3n) is 5.83. The quantitative estimate of drug-likeness (QED) is 0.694. The number of nitrogens with one attached hydrogen (secondary N) is 1. The Balaban J connectivity index is 1.41. The number of carbonyl (C=O) groups is 1. The lowest BCUT2D eigenvalue weighted by Gasteiger charge is -2.27. The summed E-state index contributed by atoms with van der Waals surface area (Å²) in [5, 5.41) is 12.2. The van der Waals surface area contributed by atoms with E-state index in [2.05, 4.69) is 33.3 Å². The number of hydrogen-bond donors (Lipinski definition) is 2. The summed E-state index contributed by atoms with van der Waals surface area (Å²) in [6.07, 6.45) is 15.0. The Morgan fingerprint density at radius 3 is 3.00 bits per heavy atom. The number of hydrogen-bond acceptors (Lipinski definition) is 5. The van der Waals surface area contributed by atoms with Crippen LogP contribution in [0.15, 0.2) is 71.2 Å². The lowest BCUT2D eigenvalue weighted by Crippen LogP contribution is -2.34. The number of carboxylic acid groups (broad SMARTS) is 1. The second-order valence-corrected chi connectivity index (χ2v) is 8.15. The van der Waals surface area contributed by atoms with Crippen molar-refractivity contribution >= 4 is 17.8 Å². The third kappa shape index (κ3) is 5.95. The van der Waals surface area contributed by atoms with Crippen molar-refractivity contribution in [3.8, 4) is 0 Å². The first kappa shape index (κ1) is 21.1. The van der Waals surface area contributed by atoms with Crippen molar-refractivity contribution in [3.05, 3.63) is 77.3 Å². The Hall–Kier alpha value is -3.12. The summed E-state index contributed by atoms with van der Waals surface area (Å²) in [4.78, 5) is 20.7. The minimum absolute atomic E-state index is 0.664. The van der Waals surface area contributed by atoms with Crippen molar-refractivity contribution in [2.45, 2.75) is 19.3 Å². The molecule has 2 N–H and O–H groups in total. The van der Waals surface area contributed by atoms with Gasteiger partial charge in [-0.2, -0.15) is 0 Å². The van der Waals surface area contributed by atoms with E-state index in [1.165, 1.54) is 12.0 Å². The average Bonchev–Trinajstić information content (AvgIpc) is 3.04. The standard InChI is InChI=1S/C25H30N4O2/c30-25(31)11-10-20-8-4-9-22(16-20)23-17-26-18-24(27-23)29-13-5-12-28(14-15-29)19-21-6-2-1-3-7-21/h1-2,4,6,8-11,16,18,26H,3,5,7,12-15,17,19H2,(H,30,31)/b11-10+. The Morgan fingerprint density at radius 1 is 1.23 bits per heavy atom. The van der Waals surface area contributed by atoms with Crippen LogP contribution in [-0.2, 0) is 4.79 Å². The molecule has 1 fully saturated rings. The van der Waals surface area contributed by atoms with Gasteiger partial charge in [0.05, 0.1) is 12.3 Å². The molecule has 6 nitrogen and oxygen atoms in total. The second-order valence-electron chi connectivity index (χ2n) is 8.15. The Kier molecular flexibility index (Phi) is 6.99. The maximum Gasteiger partial charge on any atom is 0.328 e. The van der Waals surface area contributed by atoms with E-state index in [-0.39, 0.29) is 0 Å². The Bertz CT molecular complexity index is 958. The highest BCUT2D eigenvalue weighted by atomic mass is 16.4. The molecule has 2 heterocycles. The minimum atomic E-state index is -0.946. The zero-order valence-corrected chi connectivity index (χ0v) is 17.8. The Labute approximate surface area is 184 Å². The van der Waals surface area contributed by atoms with Crippen molar-refractivity contribution in [1.82, 2.24) is 15.1 Å². The smallest absolute Gasteiger partial charge is 0.328 e. The first-order chi connectivity index (χ1) is 15.2. The van der Waals surface area contributed by atoms with Gasteiger partial charge in [0.15, 0.2) is 0 Å². The molecule has 162 valence electrons. The van der Waals surface area contributed by atoms with Crippen LogP contribution in [0.3, 0.4) is 0 Å². The molecule has 0 unspecified atom stereocenters. The molecule has 2 aliphatic heterocycles. The van der Waals surface area contributed by atoms with Crippen molar-refractivity contribution in [2.24, 2.45) is 4.99 Å². The summed E-state index contributed by atoms with van der Waals surface area (Å²) < 4.78 is 0. The number of rotatable bonds is 6. The van der Waals surface area contributed by atoms with Crippen molar-refractivity contribution in [1.29, 1.82) is 0 Å². The fourth-order valence-electron chi connectivity index (χ4n) is 4.20. The van der Waals surface area contributed by atoms with Crippen LogP contribution in [0.4, 0.5) is 0 Å². The molecular formula is C25H30N4O2. The van der Waals surface area contributed by atoms with Gasteiger partial charge in [0.2, 0.25) is 0 Å². The largest absolute Gasteiger partial charge is 0.478 e. The molecular weight excluding hydrogens is 388 g/mol. The molecule has 1 aromatic rings. The van der Waals surface area contributed by atoms with Gasteiger partial charge in [-0.15, -0.1) is 0 Å². The predicted octanol–water partition coefficient (Wildman–Crippen LogP) is 3.26. The molecule has 0 aromatic heterocycles. The van der Waals surface area contributed by atoms with Gasteiger partial charge in [0.1, 0.15) is 5.82 Å². The van der Waals surface area contributed by atoms with Gasteiger partial charge in [-0.05, 0) is 42.5 Å². The van der Waals surface area contributed by atoms with Gasteiger partial charge in [0.25, 0.3) is 0 Å². The number of aliphatic carboxylic acids is 1. The van der Waals surface area contributed by atoms with E-state index in [0.29, 0.717) is 6.54 Å². The zero-order chi connectivity index (χ0) is 21.5. The lowest BCUT2D eigenvalue weighted by atomic mass is 10.0. The first-order valence-corrected chi connectivity index (χ1v) is 11.0. The highest BCUT2D eigenvalue weighted by Crippen LogP contribution is 2.18. The van der Waals surface area contributed by atoms with Crippen LogP contribution in [-0.4, -0.2) is 65.9 Å². The summed E-state index contributed by atoms with van der Waals surface area (Å²) in [6, 6.07) is 7.85. The summed E-state index contributed by atoms with van der Waals surface area (Å²) in [5.74, 6) is 0.0353. The van der Waals surface area contributed by atoms with E-state index in [9.17, 15) is 4.79 Å². The van der Waals surface area contributed by atoms with Gasteiger partial charge >= 0.3 is 5.97 Å². The number of nitrogens with zero attached hydrogens (tertiary/aromatic N) is 3. The molecule has 0 atom stereocenters. The summed E-state index contributed by atoms with van der Waals surface area (Å²) in [5.41, 5.74) is 4.38. The molecule has 1 aromatic carbocycles. The van der Waals surface area contributed by atoms with E-state index in [1.807, 2.05) is 30.5 Å². The molecule has 0 radical (unpaired) electrons. The molecule has 0 amide bonds. The van der Waals surface area contributed by atoms with Crippen LogP contribution in [0, 0.1) is 0 Å². The molecule has 6 heteroatoms. The van der Waals surface area contributed by atoms with Crippen LogP contribution in [0.25, 0.3) is 6.08 Å². The maximum absolute atomic E-state index is 10.8. The number of allylic oxidation sites excluding steroid dienone is 3. The summed E-state index contributed by atoms with van der Waals surface area (Å²) >= 11 is 0. The number of aliphatic imine (C=N–C) groups is 1. The number of benzene rings is 1. The highest BCUT2D eigenvalue weighted by molar-refractivity contribution is 6.03. The normalized spacial score (nSPS) is 20.0. The molecule has 0 bridgehead atoms. The van der Waals surface area contributed by atoms with Crippen LogP contribution in [0.5, 0.6) is 0 Å². The summed E-state index contributed by atoms with van der Waals surface area (Å²) in [7, 11) is 0. The van der Waals surface area contributed by atoms with Gasteiger partial charge < -0.3 is 15.3 Å². The molecule has 4 rings (SSSR count). The fourth-order valence-corrected chi connectivity index (χ4v) is 4.20. The summed E-state index contributed by atoms with van der Waals surface area (Å²) in [6.45, 7) is 5.86. The molecule has 0 saturated carbocycles. The molecule has 1 aliphatic carbocycles. The lowest BCUT2D eigenvalue weighted by molar-refractivity contribution is -0.131. The van der Waals surface area contributed by atoms with Crippen molar-refractivity contribution in [2.75, 3.05) is 39.3 Å². The maximum atomic E-state index is 10.8. The minimum Gasteiger partial charge on any atom is -0.478 e. The highest BCUT2D eigenvalue weighted by Gasteiger charge is 2.20. The van der Waals surface area contributed by atoms with Gasteiger partial charge in [-0.25, -0.2) is 9.79 Å². The topological polar surface area (TPSA) is 68.2 Å². The van der Waals surface area contributed by atoms with Crippen LogP contribution < -0.4 is 5.32 Å². The molecule has 31 heavy (non-hydrogen) atoms. The van der Waals surface area contributed by atoms with E-state index in [0.717, 1.165) is 74.3 Å². The van der Waals surface area contributed by atoms with Crippen molar-refractivity contribution < 1.29 is 9.90 Å². The third-order valence-corrected chi connectivity index (χ3v) is 5.83. The first-order valence-electron chi connectivity index (χ1n) is 11.0.